The Hall–Kier alpha value is -2.83. The Labute approximate surface area is 192 Å². The second-order valence-electron chi connectivity index (χ2n) is 8.65. The molecule has 0 atom stereocenters. The Bertz CT molecular complexity index is 922. The van der Waals surface area contributed by atoms with E-state index in [9.17, 15) is 4.79 Å². The molecule has 2 N–H and O–H groups in total. The van der Waals surface area contributed by atoms with Gasteiger partial charge in [-0.1, -0.05) is 32.0 Å². The zero-order valence-corrected chi connectivity index (χ0v) is 20.2. The molecule has 1 amide bonds. The van der Waals surface area contributed by atoms with Gasteiger partial charge in [-0.15, -0.1) is 0 Å². The fourth-order valence-electron chi connectivity index (χ4n) is 4.45. The molecule has 7 nitrogen and oxygen atoms in total. The van der Waals surface area contributed by atoms with E-state index in [1.165, 1.54) is 0 Å². The highest BCUT2D eigenvalue weighted by Crippen LogP contribution is 2.18. The van der Waals surface area contributed by atoms with Crippen LogP contribution in [-0.2, 0) is 11.3 Å². The molecule has 7 heteroatoms. The standard InChI is InChI=1S/C25H38N6O/c1-6-20(7-2)24(32)30-14-12-22(13-15-30)28-25(26-5)27-17-21-10-8-9-11-23(21)31-19(4)16-18(3)29-31/h8-11,16,20,22H,6-7,12-15,17H2,1-5H3,(H2,26,27,28). The molecular formula is C25H38N6O. The summed E-state index contributed by atoms with van der Waals surface area (Å²) in [5.74, 6) is 1.27. The first-order chi connectivity index (χ1) is 15.5. The van der Waals surface area contributed by atoms with Gasteiger partial charge in [-0.2, -0.15) is 5.10 Å². The first-order valence-electron chi connectivity index (χ1n) is 11.8. The quantitative estimate of drug-likeness (QED) is 0.512. The SMILES string of the molecule is CCC(CC)C(=O)N1CCC(NC(=NC)NCc2ccccc2-n2nc(C)cc2C)CC1. The van der Waals surface area contributed by atoms with Crippen molar-refractivity contribution in [2.45, 2.75) is 66.0 Å². The van der Waals surface area contributed by atoms with E-state index in [0.717, 1.165) is 67.4 Å². The minimum Gasteiger partial charge on any atom is -0.354 e. The van der Waals surface area contributed by atoms with Gasteiger partial charge in [0, 0.05) is 44.3 Å². The molecule has 1 fully saturated rings. The van der Waals surface area contributed by atoms with E-state index in [0.29, 0.717) is 18.5 Å². The van der Waals surface area contributed by atoms with Gasteiger partial charge in [-0.05, 0) is 57.2 Å². The average Bonchev–Trinajstić information content (AvgIpc) is 3.15. The Balaban J connectivity index is 1.56. The lowest BCUT2D eigenvalue weighted by Gasteiger charge is -2.34. The molecule has 0 unspecified atom stereocenters. The van der Waals surface area contributed by atoms with E-state index in [1.807, 2.05) is 22.6 Å². The lowest BCUT2D eigenvalue weighted by atomic mass is 9.98. The van der Waals surface area contributed by atoms with E-state index >= 15 is 0 Å². The summed E-state index contributed by atoms with van der Waals surface area (Å²) in [6.45, 7) is 10.6. The highest BCUT2D eigenvalue weighted by atomic mass is 16.2. The summed E-state index contributed by atoms with van der Waals surface area (Å²) in [6.07, 6.45) is 3.72. The van der Waals surface area contributed by atoms with Gasteiger partial charge in [0.15, 0.2) is 5.96 Å². The molecule has 1 aliphatic rings. The van der Waals surface area contributed by atoms with Gasteiger partial charge in [0.05, 0.1) is 11.4 Å². The molecule has 174 valence electrons. The molecule has 2 aromatic rings. The van der Waals surface area contributed by atoms with Crippen molar-refractivity contribution in [1.82, 2.24) is 25.3 Å². The van der Waals surface area contributed by atoms with Gasteiger partial charge in [-0.25, -0.2) is 4.68 Å². The maximum atomic E-state index is 12.6. The number of para-hydroxylation sites is 1. The van der Waals surface area contributed by atoms with Crippen LogP contribution in [0.25, 0.3) is 5.69 Å². The summed E-state index contributed by atoms with van der Waals surface area (Å²) in [6, 6.07) is 10.7. The lowest BCUT2D eigenvalue weighted by molar-refractivity contribution is -0.136. The van der Waals surface area contributed by atoms with Crippen LogP contribution >= 0.6 is 0 Å². The van der Waals surface area contributed by atoms with Crippen molar-refractivity contribution in [3.63, 3.8) is 0 Å². The number of aryl methyl sites for hydroxylation is 2. The molecule has 1 aliphatic heterocycles. The van der Waals surface area contributed by atoms with E-state index < -0.39 is 0 Å². The fourth-order valence-corrected chi connectivity index (χ4v) is 4.45. The van der Waals surface area contributed by atoms with Crippen LogP contribution < -0.4 is 10.6 Å². The van der Waals surface area contributed by atoms with E-state index in [4.69, 9.17) is 0 Å². The number of hydrogen-bond donors (Lipinski definition) is 2. The molecule has 1 saturated heterocycles. The molecule has 0 saturated carbocycles. The minimum absolute atomic E-state index is 0.163. The Kier molecular flexibility index (Phi) is 8.31. The van der Waals surface area contributed by atoms with Gasteiger partial charge in [0.1, 0.15) is 0 Å². The summed E-state index contributed by atoms with van der Waals surface area (Å²) in [4.78, 5) is 19.1. The summed E-state index contributed by atoms with van der Waals surface area (Å²) in [5, 5.41) is 11.6. The van der Waals surface area contributed by atoms with Crippen LogP contribution in [0.15, 0.2) is 35.3 Å². The predicted octanol–water partition coefficient (Wildman–Crippen LogP) is 3.58. The predicted molar refractivity (Wildman–Crippen MR) is 130 cm³/mol. The first-order valence-corrected chi connectivity index (χ1v) is 11.8. The van der Waals surface area contributed by atoms with Gasteiger partial charge in [0.2, 0.25) is 5.91 Å². The number of rotatable bonds is 7. The second kappa shape index (κ2) is 11.2. The number of benzene rings is 1. The summed E-state index contributed by atoms with van der Waals surface area (Å²) < 4.78 is 2.00. The van der Waals surface area contributed by atoms with Crippen molar-refractivity contribution in [2.75, 3.05) is 20.1 Å². The number of aliphatic imine (C=N–C) groups is 1. The van der Waals surface area contributed by atoms with Crippen molar-refractivity contribution < 1.29 is 4.79 Å². The van der Waals surface area contributed by atoms with Gasteiger partial charge in [-0.3, -0.25) is 9.79 Å². The minimum atomic E-state index is 0.163. The van der Waals surface area contributed by atoms with E-state index in [1.54, 1.807) is 7.05 Å². The number of piperidine rings is 1. The highest BCUT2D eigenvalue weighted by molar-refractivity contribution is 5.80. The fraction of sp³-hybridized carbons (Fsp3) is 0.560. The number of carbonyl (C=O) groups excluding carboxylic acids is 1. The van der Waals surface area contributed by atoms with Gasteiger partial charge < -0.3 is 15.5 Å². The van der Waals surface area contributed by atoms with Crippen LogP contribution in [0, 0.1) is 19.8 Å². The molecule has 3 rings (SSSR count). The normalized spacial score (nSPS) is 15.3. The maximum Gasteiger partial charge on any atom is 0.225 e. The third-order valence-corrected chi connectivity index (χ3v) is 6.38. The van der Waals surface area contributed by atoms with Crippen molar-refractivity contribution in [1.29, 1.82) is 0 Å². The molecule has 0 radical (unpaired) electrons. The number of hydrogen-bond acceptors (Lipinski definition) is 3. The molecule has 0 spiro atoms. The van der Waals surface area contributed by atoms with Crippen molar-refractivity contribution >= 4 is 11.9 Å². The number of nitrogens with zero attached hydrogens (tertiary/aromatic N) is 4. The summed E-state index contributed by atoms with van der Waals surface area (Å²) >= 11 is 0. The third-order valence-electron chi connectivity index (χ3n) is 6.38. The van der Waals surface area contributed by atoms with Crippen LogP contribution in [0.4, 0.5) is 0 Å². The van der Waals surface area contributed by atoms with Crippen LogP contribution in [-0.4, -0.2) is 52.7 Å². The van der Waals surface area contributed by atoms with Crippen LogP contribution in [0.2, 0.25) is 0 Å². The molecule has 0 bridgehead atoms. The monoisotopic (exact) mass is 438 g/mol. The second-order valence-corrected chi connectivity index (χ2v) is 8.65. The molecule has 1 aromatic heterocycles. The third kappa shape index (κ3) is 5.69. The Morgan fingerprint density at radius 1 is 1.19 bits per heavy atom. The lowest BCUT2D eigenvalue weighted by Crippen LogP contribution is -2.50. The average molecular weight is 439 g/mol. The molecule has 2 heterocycles. The Morgan fingerprint density at radius 3 is 2.47 bits per heavy atom. The number of carbonyl (C=O) groups is 1. The maximum absolute atomic E-state index is 12.6. The summed E-state index contributed by atoms with van der Waals surface area (Å²) in [7, 11) is 1.80. The van der Waals surface area contributed by atoms with Crippen molar-refractivity contribution in [3.05, 3.63) is 47.3 Å². The number of aromatic nitrogens is 2. The number of guanidine groups is 1. The molecule has 0 aliphatic carbocycles. The number of amides is 1. The van der Waals surface area contributed by atoms with Crippen LogP contribution in [0.5, 0.6) is 0 Å². The topological polar surface area (TPSA) is 74.6 Å². The van der Waals surface area contributed by atoms with Gasteiger partial charge >= 0.3 is 0 Å². The largest absolute Gasteiger partial charge is 0.354 e. The van der Waals surface area contributed by atoms with E-state index in [-0.39, 0.29) is 5.92 Å². The molecule has 1 aromatic carbocycles. The number of nitrogens with one attached hydrogen (secondary N) is 2. The van der Waals surface area contributed by atoms with Crippen molar-refractivity contribution in [2.24, 2.45) is 10.9 Å². The Morgan fingerprint density at radius 2 is 1.88 bits per heavy atom. The van der Waals surface area contributed by atoms with Gasteiger partial charge in [0.25, 0.3) is 0 Å². The zero-order chi connectivity index (χ0) is 23.1. The van der Waals surface area contributed by atoms with Crippen LogP contribution in [0.3, 0.4) is 0 Å². The van der Waals surface area contributed by atoms with E-state index in [2.05, 4.69) is 65.8 Å². The molecule has 32 heavy (non-hydrogen) atoms. The molecular weight excluding hydrogens is 400 g/mol. The first kappa shape index (κ1) is 23.8. The highest BCUT2D eigenvalue weighted by Gasteiger charge is 2.26. The number of likely N-dealkylation sites (tertiary alicyclic amines) is 1. The van der Waals surface area contributed by atoms with Crippen molar-refractivity contribution in [3.8, 4) is 5.69 Å². The zero-order valence-electron chi connectivity index (χ0n) is 20.2. The summed E-state index contributed by atoms with van der Waals surface area (Å²) in [5.41, 5.74) is 4.37. The van der Waals surface area contributed by atoms with Crippen LogP contribution in [0.1, 0.15) is 56.5 Å². The smallest absolute Gasteiger partial charge is 0.225 e.